The molecule has 1 aromatic rings. The molecule has 0 spiro atoms. The largest absolute Gasteiger partial charge is 0.468 e. The Morgan fingerprint density at radius 1 is 1.20 bits per heavy atom. The van der Waals surface area contributed by atoms with Gasteiger partial charge in [-0.15, -0.1) is 0 Å². The number of methoxy groups -OCH3 is 1. The number of Topliss-reactive ketones (excluding diaryl/α,β-unsaturated/α-hetero) is 1. The van der Waals surface area contributed by atoms with E-state index < -0.39 is 0 Å². The third-order valence-electron chi connectivity index (χ3n) is 4.30. The van der Waals surface area contributed by atoms with E-state index in [0.717, 1.165) is 31.4 Å². The number of benzene rings is 1. The molecule has 1 aromatic carbocycles. The first-order chi connectivity index (χ1) is 12.0. The highest BCUT2D eigenvalue weighted by atomic mass is 16.5. The minimum atomic E-state index is -0.139. The van der Waals surface area contributed by atoms with Crippen LogP contribution in [-0.2, 0) is 16.0 Å². The summed E-state index contributed by atoms with van der Waals surface area (Å²) in [5.41, 5.74) is 2.15. The first-order valence-corrected chi connectivity index (χ1v) is 9.41. The number of esters is 1. The first-order valence-electron chi connectivity index (χ1n) is 9.41. The van der Waals surface area contributed by atoms with Crippen LogP contribution >= 0.6 is 0 Å². The maximum atomic E-state index is 11.4. The molecule has 4 nitrogen and oxygen atoms in total. The van der Waals surface area contributed by atoms with E-state index in [1.165, 1.54) is 25.5 Å². The van der Waals surface area contributed by atoms with Crippen LogP contribution in [-0.4, -0.2) is 31.4 Å². The molecule has 0 saturated heterocycles. The fourth-order valence-corrected chi connectivity index (χ4v) is 2.92. The number of aryl methyl sites for hydroxylation is 1. The minimum absolute atomic E-state index is 0.133. The Balaban J connectivity index is 0.000000267. The van der Waals surface area contributed by atoms with Crippen LogP contribution in [0.15, 0.2) is 24.3 Å². The van der Waals surface area contributed by atoms with Crippen molar-refractivity contribution in [1.29, 1.82) is 0 Å². The standard InChI is InChI=1S/C12H25NO2.C9H8O/c1-5-6-7-8-13-11(9-10(2)3)12(14)15-4;10-9-6-5-7-3-1-2-4-8(7)9/h10-11,13H,5-9H2,1-4H3;1-4H,5-6H2. The summed E-state index contributed by atoms with van der Waals surface area (Å²) < 4.78 is 4.77. The maximum Gasteiger partial charge on any atom is 0.322 e. The average Bonchev–Trinajstić information content (AvgIpc) is 2.99. The minimum Gasteiger partial charge on any atom is -0.468 e. The highest BCUT2D eigenvalue weighted by molar-refractivity contribution is 6.00. The van der Waals surface area contributed by atoms with Gasteiger partial charge in [-0.3, -0.25) is 9.59 Å². The zero-order chi connectivity index (χ0) is 18.7. The van der Waals surface area contributed by atoms with E-state index in [-0.39, 0.29) is 12.0 Å². The summed E-state index contributed by atoms with van der Waals surface area (Å²) >= 11 is 0. The molecule has 1 unspecified atom stereocenters. The Morgan fingerprint density at radius 3 is 2.52 bits per heavy atom. The number of nitrogens with one attached hydrogen (secondary N) is 1. The fraction of sp³-hybridized carbons (Fsp3) is 0.619. The van der Waals surface area contributed by atoms with E-state index in [4.69, 9.17) is 4.74 Å². The molecule has 0 amide bonds. The number of carbonyl (C=O) groups excluding carboxylic acids is 2. The van der Waals surface area contributed by atoms with Crippen LogP contribution in [0.2, 0.25) is 0 Å². The van der Waals surface area contributed by atoms with Crippen LogP contribution in [0.4, 0.5) is 0 Å². The molecule has 0 bridgehead atoms. The van der Waals surface area contributed by atoms with Crippen molar-refractivity contribution >= 4 is 11.8 Å². The summed E-state index contributed by atoms with van der Waals surface area (Å²) in [6, 6.07) is 7.71. The van der Waals surface area contributed by atoms with Crippen molar-refractivity contribution in [1.82, 2.24) is 5.32 Å². The lowest BCUT2D eigenvalue weighted by Crippen LogP contribution is -2.39. The van der Waals surface area contributed by atoms with Gasteiger partial charge in [-0.25, -0.2) is 0 Å². The van der Waals surface area contributed by atoms with Crippen molar-refractivity contribution in [3.8, 4) is 0 Å². The zero-order valence-electron chi connectivity index (χ0n) is 16.1. The monoisotopic (exact) mass is 347 g/mol. The summed E-state index contributed by atoms with van der Waals surface area (Å²) in [5.74, 6) is 0.670. The Hall–Kier alpha value is -1.68. The second-order valence-corrected chi connectivity index (χ2v) is 6.95. The molecule has 1 atom stereocenters. The predicted octanol–water partition coefficient (Wildman–Crippen LogP) is 4.17. The molecule has 0 aliphatic heterocycles. The lowest BCUT2D eigenvalue weighted by molar-refractivity contribution is -0.143. The molecular formula is C21H33NO3. The van der Waals surface area contributed by atoms with Crippen molar-refractivity contribution in [2.45, 2.75) is 65.3 Å². The number of hydrogen-bond acceptors (Lipinski definition) is 4. The predicted molar refractivity (Wildman–Crippen MR) is 102 cm³/mol. The topological polar surface area (TPSA) is 55.4 Å². The number of hydrogen-bond donors (Lipinski definition) is 1. The van der Waals surface area contributed by atoms with Crippen LogP contribution in [0.25, 0.3) is 0 Å². The Kier molecular flexibility index (Phi) is 10.1. The van der Waals surface area contributed by atoms with Crippen molar-refractivity contribution in [2.75, 3.05) is 13.7 Å². The Labute approximate surface area is 152 Å². The quantitative estimate of drug-likeness (QED) is 0.566. The zero-order valence-corrected chi connectivity index (χ0v) is 16.1. The highest BCUT2D eigenvalue weighted by Gasteiger charge is 2.19. The second-order valence-electron chi connectivity index (χ2n) is 6.95. The van der Waals surface area contributed by atoms with E-state index >= 15 is 0 Å². The van der Waals surface area contributed by atoms with E-state index in [1.807, 2.05) is 24.3 Å². The van der Waals surface area contributed by atoms with E-state index in [1.54, 1.807) is 0 Å². The summed E-state index contributed by atoms with van der Waals surface area (Å²) in [4.78, 5) is 22.5. The molecule has 0 aromatic heterocycles. The van der Waals surface area contributed by atoms with Crippen LogP contribution in [0.3, 0.4) is 0 Å². The number of ketones is 1. The number of ether oxygens (including phenoxy) is 1. The molecule has 4 heteroatoms. The summed E-state index contributed by atoms with van der Waals surface area (Å²) in [7, 11) is 1.45. The third-order valence-corrected chi connectivity index (χ3v) is 4.30. The summed E-state index contributed by atoms with van der Waals surface area (Å²) in [6.07, 6.45) is 6.03. The summed E-state index contributed by atoms with van der Waals surface area (Å²) in [5, 5.41) is 3.26. The van der Waals surface area contributed by atoms with E-state index in [9.17, 15) is 9.59 Å². The van der Waals surface area contributed by atoms with Gasteiger partial charge in [0.05, 0.1) is 7.11 Å². The smallest absolute Gasteiger partial charge is 0.322 e. The van der Waals surface area contributed by atoms with Crippen LogP contribution in [0.1, 0.15) is 68.8 Å². The van der Waals surface area contributed by atoms with Crippen LogP contribution in [0.5, 0.6) is 0 Å². The number of fused-ring (bicyclic) bond motifs is 1. The number of unbranched alkanes of at least 4 members (excludes halogenated alkanes) is 2. The van der Waals surface area contributed by atoms with Gasteiger partial charge >= 0.3 is 5.97 Å². The van der Waals surface area contributed by atoms with Gasteiger partial charge in [0.25, 0.3) is 0 Å². The molecule has 140 valence electrons. The summed E-state index contributed by atoms with van der Waals surface area (Å²) in [6.45, 7) is 7.31. The van der Waals surface area contributed by atoms with E-state index in [0.29, 0.717) is 18.1 Å². The SMILES string of the molecule is CCCCCNC(CC(C)C)C(=O)OC.O=C1CCc2ccccc21. The molecule has 0 radical (unpaired) electrons. The molecule has 1 aliphatic rings. The molecule has 2 rings (SSSR count). The van der Waals surface area contributed by atoms with Gasteiger partial charge in [0.15, 0.2) is 5.78 Å². The molecule has 25 heavy (non-hydrogen) atoms. The molecule has 1 N–H and O–H groups in total. The van der Waals surface area contributed by atoms with Crippen LogP contribution in [0, 0.1) is 5.92 Å². The van der Waals surface area contributed by atoms with Gasteiger partial charge in [-0.05, 0) is 37.3 Å². The van der Waals surface area contributed by atoms with Gasteiger partial charge in [-0.2, -0.15) is 0 Å². The van der Waals surface area contributed by atoms with Gasteiger partial charge in [-0.1, -0.05) is 57.9 Å². The van der Waals surface area contributed by atoms with Crippen molar-refractivity contribution in [3.63, 3.8) is 0 Å². The third kappa shape index (κ3) is 7.82. The maximum absolute atomic E-state index is 11.4. The van der Waals surface area contributed by atoms with Crippen molar-refractivity contribution in [2.24, 2.45) is 5.92 Å². The lowest BCUT2D eigenvalue weighted by atomic mass is 10.0. The fourth-order valence-electron chi connectivity index (χ4n) is 2.92. The first kappa shape index (κ1) is 21.4. The molecular weight excluding hydrogens is 314 g/mol. The molecule has 0 saturated carbocycles. The normalized spacial score (nSPS) is 13.9. The Bertz CT molecular complexity index is 540. The van der Waals surface area contributed by atoms with Crippen molar-refractivity contribution in [3.05, 3.63) is 35.4 Å². The van der Waals surface area contributed by atoms with Gasteiger partial charge in [0.2, 0.25) is 0 Å². The molecule has 0 fully saturated rings. The molecule has 1 aliphatic carbocycles. The number of rotatable bonds is 8. The second kappa shape index (κ2) is 11.8. The van der Waals surface area contributed by atoms with E-state index in [2.05, 4.69) is 26.1 Å². The molecule has 0 heterocycles. The van der Waals surface area contributed by atoms with Crippen LogP contribution < -0.4 is 5.32 Å². The van der Waals surface area contributed by atoms with Gasteiger partial charge in [0, 0.05) is 12.0 Å². The van der Waals surface area contributed by atoms with Gasteiger partial charge < -0.3 is 10.1 Å². The number of carbonyl (C=O) groups is 2. The average molecular weight is 347 g/mol. The van der Waals surface area contributed by atoms with Crippen molar-refractivity contribution < 1.29 is 14.3 Å². The lowest BCUT2D eigenvalue weighted by Gasteiger charge is -2.18. The van der Waals surface area contributed by atoms with Gasteiger partial charge in [0.1, 0.15) is 6.04 Å². The Morgan fingerprint density at radius 2 is 1.92 bits per heavy atom. The highest BCUT2D eigenvalue weighted by Crippen LogP contribution is 2.20.